The SMILES string of the molecule is CC1(C)c2cc(C#N)ccc2-c2ccc(-c3ccc(-c4nc(-c5ccccc5)nc(-c5ccc6ccccc6c5)n4)cc3)cc21. The molecular weight excluding hydrogens is 548 g/mol. The number of nitriles is 1. The molecule has 7 aromatic rings. The van der Waals surface area contributed by atoms with Crippen molar-refractivity contribution in [3.05, 3.63) is 150 Å². The third-order valence-electron chi connectivity index (χ3n) is 8.96. The van der Waals surface area contributed by atoms with Gasteiger partial charge in [-0.3, -0.25) is 0 Å². The average molecular weight is 577 g/mol. The molecule has 8 rings (SSSR count). The maximum Gasteiger partial charge on any atom is 0.164 e. The zero-order valence-electron chi connectivity index (χ0n) is 25.0. The summed E-state index contributed by atoms with van der Waals surface area (Å²) in [5, 5.41) is 11.8. The van der Waals surface area contributed by atoms with Crippen LogP contribution >= 0.6 is 0 Å². The van der Waals surface area contributed by atoms with Crippen molar-refractivity contribution in [2.45, 2.75) is 19.3 Å². The molecule has 0 bridgehead atoms. The van der Waals surface area contributed by atoms with E-state index in [1.54, 1.807) is 0 Å². The van der Waals surface area contributed by atoms with Crippen LogP contribution in [0.15, 0.2) is 133 Å². The Morgan fingerprint density at radius 3 is 1.71 bits per heavy atom. The van der Waals surface area contributed by atoms with Gasteiger partial charge in [0.2, 0.25) is 0 Å². The van der Waals surface area contributed by atoms with E-state index in [-0.39, 0.29) is 5.41 Å². The zero-order chi connectivity index (χ0) is 30.5. The molecule has 1 aliphatic carbocycles. The Morgan fingerprint density at radius 1 is 0.467 bits per heavy atom. The van der Waals surface area contributed by atoms with E-state index in [1.165, 1.54) is 27.6 Å². The topological polar surface area (TPSA) is 62.5 Å². The molecule has 0 amide bonds. The lowest BCUT2D eigenvalue weighted by Crippen LogP contribution is -2.15. The predicted molar refractivity (Wildman–Crippen MR) is 181 cm³/mol. The molecule has 45 heavy (non-hydrogen) atoms. The van der Waals surface area contributed by atoms with Crippen LogP contribution < -0.4 is 0 Å². The quantitative estimate of drug-likeness (QED) is 0.209. The molecule has 1 heterocycles. The number of hydrogen-bond donors (Lipinski definition) is 0. The molecule has 1 aromatic heterocycles. The molecule has 4 nitrogen and oxygen atoms in total. The highest BCUT2D eigenvalue weighted by Gasteiger charge is 2.35. The van der Waals surface area contributed by atoms with Crippen LogP contribution in [0.3, 0.4) is 0 Å². The number of hydrogen-bond acceptors (Lipinski definition) is 4. The van der Waals surface area contributed by atoms with Crippen LogP contribution in [0.5, 0.6) is 0 Å². The molecule has 0 spiro atoms. The molecule has 4 heteroatoms. The molecule has 1 aliphatic rings. The minimum atomic E-state index is -0.189. The lowest BCUT2D eigenvalue weighted by Gasteiger charge is -2.22. The number of aromatic nitrogens is 3. The average Bonchev–Trinajstić information content (AvgIpc) is 3.33. The van der Waals surface area contributed by atoms with Gasteiger partial charge in [-0.2, -0.15) is 5.26 Å². The fourth-order valence-corrected chi connectivity index (χ4v) is 6.48. The first-order chi connectivity index (χ1) is 22.0. The summed E-state index contributed by atoms with van der Waals surface area (Å²) in [5.41, 5.74) is 10.5. The van der Waals surface area contributed by atoms with Crippen LogP contribution in [0.4, 0.5) is 0 Å². The van der Waals surface area contributed by atoms with Crippen LogP contribution in [0.1, 0.15) is 30.5 Å². The lowest BCUT2D eigenvalue weighted by atomic mass is 9.81. The summed E-state index contributed by atoms with van der Waals surface area (Å²) < 4.78 is 0. The van der Waals surface area contributed by atoms with E-state index in [2.05, 4.69) is 98.8 Å². The van der Waals surface area contributed by atoms with Crippen molar-refractivity contribution >= 4 is 10.8 Å². The molecule has 6 aromatic carbocycles. The fraction of sp³-hybridized carbons (Fsp3) is 0.0732. The first-order valence-electron chi connectivity index (χ1n) is 15.1. The normalized spacial score (nSPS) is 12.8. The van der Waals surface area contributed by atoms with Crippen molar-refractivity contribution in [3.63, 3.8) is 0 Å². The predicted octanol–water partition coefficient (Wildman–Crippen LogP) is 9.87. The molecule has 0 aliphatic heterocycles. The first-order valence-corrected chi connectivity index (χ1v) is 15.1. The highest BCUT2D eigenvalue weighted by Crippen LogP contribution is 2.49. The summed E-state index contributed by atoms with van der Waals surface area (Å²) in [6, 6.07) is 48.2. The monoisotopic (exact) mass is 576 g/mol. The first kappa shape index (κ1) is 26.7. The van der Waals surface area contributed by atoms with Crippen molar-refractivity contribution in [1.82, 2.24) is 15.0 Å². The number of fused-ring (bicyclic) bond motifs is 4. The molecule has 0 fully saturated rings. The maximum absolute atomic E-state index is 9.48. The van der Waals surface area contributed by atoms with E-state index in [9.17, 15) is 5.26 Å². The lowest BCUT2D eigenvalue weighted by molar-refractivity contribution is 0.660. The Morgan fingerprint density at radius 2 is 1.00 bits per heavy atom. The largest absolute Gasteiger partial charge is 0.208 e. The summed E-state index contributed by atoms with van der Waals surface area (Å²) in [4.78, 5) is 14.8. The second kappa shape index (κ2) is 10.4. The van der Waals surface area contributed by atoms with Crippen LogP contribution in [0.25, 0.3) is 67.2 Å². The number of benzene rings is 6. The van der Waals surface area contributed by atoms with E-state index in [0.29, 0.717) is 23.0 Å². The van der Waals surface area contributed by atoms with Crippen LogP contribution in [-0.4, -0.2) is 15.0 Å². The van der Waals surface area contributed by atoms with Crippen molar-refractivity contribution in [1.29, 1.82) is 5.26 Å². The van der Waals surface area contributed by atoms with E-state index in [1.807, 2.05) is 54.6 Å². The van der Waals surface area contributed by atoms with Crippen molar-refractivity contribution in [3.8, 4) is 62.5 Å². The summed E-state index contributed by atoms with van der Waals surface area (Å²) in [7, 11) is 0. The molecule has 0 N–H and O–H groups in total. The summed E-state index contributed by atoms with van der Waals surface area (Å²) >= 11 is 0. The minimum Gasteiger partial charge on any atom is -0.208 e. The molecule has 0 unspecified atom stereocenters. The Kier molecular flexibility index (Phi) is 6.15. The van der Waals surface area contributed by atoms with Gasteiger partial charge in [0.05, 0.1) is 11.6 Å². The minimum absolute atomic E-state index is 0.189. The Balaban J connectivity index is 1.18. The van der Waals surface area contributed by atoms with Crippen molar-refractivity contribution < 1.29 is 0 Å². The number of rotatable bonds is 4. The Bertz CT molecular complexity index is 2300. The van der Waals surface area contributed by atoms with Gasteiger partial charge in [-0.15, -0.1) is 0 Å². The Hall–Kier alpha value is -5.92. The third kappa shape index (κ3) is 4.58. The standard InChI is InChI=1S/C41H28N4/c1-41(2)36-22-26(25-42)12-20-34(36)35-21-19-32(24-37(35)41)28-13-16-30(17-14-28)39-43-38(29-9-4-3-5-10-29)44-40(45-39)33-18-15-27-8-6-7-11-31(27)23-33/h3-24H,1-2H3. The maximum atomic E-state index is 9.48. The van der Waals surface area contributed by atoms with E-state index in [0.717, 1.165) is 33.2 Å². The van der Waals surface area contributed by atoms with Gasteiger partial charge >= 0.3 is 0 Å². The fourth-order valence-electron chi connectivity index (χ4n) is 6.48. The molecule has 0 saturated heterocycles. The summed E-state index contributed by atoms with van der Waals surface area (Å²) in [6.07, 6.45) is 0. The van der Waals surface area contributed by atoms with Gasteiger partial charge in [0.15, 0.2) is 17.5 Å². The van der Waals surface area contributed by atoms with E-state index in [4.69, 9.17) is 15.0 Å². The molecule has 0 atom stereocenters. The molecule has 0 radical (unpaired) electrons. The van der Waals surface area contributed by atoms with Gasteiger partial charge in [0.25, 0.3) is 0 Å². The Labute approximate surface area is 262 Å². The second-order valence-corrected chi connectivity index (χ2v) is 12.1. The molecule has 0 saturated carbocycles. The van der Waals surface area contributed by atoms with Crippen LogP contribution in [-0.2, 0) is 5.41 Å². The van der Waals surface area contributed by atoms with Crippen LogP contribution in [0.2, 0.25) is 0 Å². The zero-order valence-corrected chi connectivity index (χ0v) is 25.0. The van der Waals surface area contributed by atoms with Gasteiger partial charge in [-0.25, -0.2) is 15.0 Å². The molecular formula is C41H28N4. The van der Waals surface area contributed by atoms with Crippen molar-refractivity contribution in [2.24, 2.45) is 0 Å². The van der Waals surface area contributed by atoms with Gasteiger partial charge in [-0.1, -0.05) is 123 Å². The van der Waals surface area contributed by atoms with Crippen molar-refractivity contribution in [2.75, 3.05) is 0 Å². The second-order valence-electron chi connectivity index (χ2n) is 12.1. The summed E-state index contributed by atoms with van der Waals surface area (Å²) in [5.74, 6) is 1.93. The molecule has 212 valence electrons. The van der Waals surface area contributed by atoms with Gasteiger partial charge < -0.3 is 0 Å². The van der Waals surface area contributed by atoms with E-state index < -0.39 is 0 Å². The summed E-state index contributed by atoms with van der Waals surface area (Å²) in [6.45, 7) is 4.48. The smallest absolute Gasteiger partial charge is 0.164 e. The van der Waals surface area contributed by atoms with E-state index >= 15 is 0 Å². The van der Waals surface area contributed by atoms with Crippen LogP contribution in [0, 0.1) is 11.3 Å². The van der Waals surface area contributed by atoms with Gasteiger partial charge in [0, 0.05) is 22.1 Å². The highest BCUT2D eigenvalue weighted by atomic mass is 15.0. The van der Waals surface area contributed by atoms with Gasteiger partial charge in [0.1, 0.15) is 0 Å². The number of nitrogens with zero attached hydrogens (tertiary/aromatic N) is 4. The van der Waals surface area contributed by atoms with Gasteiger partial charge in [-0.05, 0) is 68.4 Å². The highest BCUT2D eigenvalue weighted by molar-refractivity contribution is 5.87. The third-order valence-corrected chi connectivity index (χ3v) is 8.96.